The Kier molecular flexibility index (Phi) is 8.66. The van der Waals surface area contributed by atoms with Crippen LogP contribution >= 0.6 is 11.3 Å². The van der Waals surface area contributed by atoms with Crippen molar-refractivity contribution >= 4 is 23.3 Å². The Labute approximate surface area is 159 Å². The molecule has 26 heavy (non-hydrogen) atoms. The second-order valence-electron chi connectivity index (χ2n) is 7.49. The van der Waals surface area contributed by atoms with Gasteiger partial charge in [0, 0.05) is 24.8 Å². The van der Waals surface area contributed by atoms with E-state index in [1.54, 1.807) is 5.38 Å². The van der Waals surface area contributed by atoms with Crippen molar-refractivity contribution in [1.82, 2.24) is 10.3 Å². The summed E-state index contributed by atoms with van der Waals surface area (Å²) in [7, 11) is 0. The van der Waals surface area contributed by atoms with Gasteiger partial charge < -0.3 is 19.9 Å². The highest BCUT2D eigenvalue weighted by Crippen LogP contribution is 2.28. The molecular weight excluding hydrogens is 356 g/mol. The molecule has 2 atom stereocenters. The summed E-state index contributed by atoms with van der Waals surface area (Å²) < 4.78 is 10.7. The first-order valence-corrected chi connectivity index (χ1v) is 9.57. The second-order valence-corrected chi connectivity index (χ2v) is 8.38. The third-order valence-electron chi connectivity index (χ3n) is 3.52. The number of aliphatic hydroxyl groups is 1. The van der Waals surface area contributed by atoms with E-state index in [0.29, 0.717) is 17.1 Å². The van der Waals surface area contributed by atoms with Gasteiger partial charge in [-0.15, -0.1) is 11.3 Å². The lowest BCUT2D eigenvalue weighted by atomic mass is 9.98. The molecule has 2 N–H and O–H groups in total. The maximum atomic E-state index is 12.0. The van der Waals surface area contributed by atoms with Gasteiger partial charge in [0.1, 0.15) is 10.6 Å². The van der Waals surface area contributed by atoms with Gasteiger partial charge in [0.25, 0.3) is 0 Å². The number of aromatic nitrogens is 1. The van der Waals surface area contributed by atoms with E-state index in [2.05, 4.69) is 10.3 Å². The topological polar surface area (TPSA) is 97.8 Å². The number of nitrogens with zero attached hydrogens (tertiary/aromatic N) is 1. The SMILES string of the molecule is CC(=O)O[C@H](C[C@@H](NCC(=O)OC(C)(C)C)C(C)C)c1nc(CO)cs1. The molecule has 1 rings (SSSR count). The van der Waals surface area contributed by atoms with Gasteiger partial charge in [-0.2, -0.15) is 0 Å². The molecule has 0 aliphatic carbocycles. The monoisotopic (exact) mass is 386 g/mol. The molecule has 0 radical (unpaired) electrons. The molecule has 0 saturated heterocycles. The Bertz CT molecular complexity index is 595. The number of carbonyl (C=O) groups is 2. The van der Waals surface area contributed by atoms with Crippen molar-refractivity contribution in [3.8, 4) is 0 Å². The number of hydrogen-bond donors (Lipinski definition) is 2. The van der Waals surface area contributed by atoms with Crippen LogP contribution in [0.1, 0.15) is 64.8 Å². The number of ether oxygens (including phenoxy) is 2. The van der Waals surface area contributed by atoms with Gasteiger partial charge >= 0.3 is 11.9 Å². The summed E-state index contributed by atoms with van der Waals surface area (Å²) in [4.78, 5) is 27.8. The maximum absolute atomic E-state index is 12.0. The Morgan fingerprint density at radius 2 is 2.00 bits per heavy atom. The molecule has 148 valence electrons. The number of nitrogens with one attached hydrogen (secondary N) is 1. The molecule has 0 fully saturated rings. The van der Waals surface area contributed by atoms with Crippen LogP contribution in [0, 0.1) is 5.92 Å². The van der Waals surface area contributed by atoms with Gasteiger partial charge in [-0.3, -0.25) is 9.59 Å². The molecule has 0 unspecified atom stereocenters. The van der Waals surface area contributed by atoms with E-state index in [4.69, 9.17) is 9.47 Å². The molecule has 1 aromatic heterocycles. The fourth-order valence-corrected chi connectivity index (χ4v) is 3.21. The Hall–Kier alpha value is -1.51. The number of carbonyl (C=O) groups excluding carboxylic acids is 2. The number of aliphatic hydroxyl groups excluding tert-OH is 1. The third kappa shape index (κ3) is 8.25. The van der Waals surface area contributed by atoms with Gasteiger partial charge in [-0.05, 0) is 26.7 Å². The van der Waals surface area contributed by atoms with Crippen molar-refractivity contribution < 1.29 is 24.2 Å². The highest BCUT2D eigenvalue weighted by atomic mass is 32.1. The summed E-state index contributed by atoms with van der Waals surface area (Å²) in [6, 6.07) is -0.0756. The fraction of sp³-hybridized carbons (Fsp3) is 0.722. The molecule has 0 saturated carbocycles. The normalized spacial score (nSPS) is 14.2. The van der Waals surface area contributed by atoms with E-state index in [0.717, 1.165) is 0 Å². The van der Waals surface area contributed by atoms with E-state index < -0.39 is 17.7 Å². The van der Waals surface area contributed by atoms with E-state index in [1.165, 1.54) is 18.3 Å². The van der Waals surface area contributed by atoms with E-state index in [9.17, 15) is 14.7 Å². The van der Waals surface area contributed by atoms with E-state index in [1.807, 2.05) is 34.6 Å². The second kappa shape index (κ2) is 9.99. The molecule has 0 aliphatic rings. The van der Waals surface area contributed by atoms with Gasteiger partial charge in [0.05, 0.1) is 18.8 Å². The molecule has 8 heteroatoms. The van der Waals surface area contributed by atoms with Crippen molar-refractivity contribution in [2.75, 3.05) is 6.54 Å². The van der Waals surface area contributed by atoms with Gasteiger partial charge in [0.15, 0.2) is 6.10 Å². The smallest absolute Gasteiger partial charge is 0.320 e. The van der Waals surface area contributed by atoms with Crippen LogP contribution in [0.5, 0.6) is 0 Å². The molecule has 0 aromatic carbocycles. The van der Waals surface area contributed by atoms with Crippen LogP contribution < -0.4 is 5.32 Å². The number of esters is 2. The zero-order chi connectivity index (χ0) is 19.9. The molecule has 1 aromatic rings. The van der Waals surface area contributed by atoms with Crippen LogP contribution in [-0.4, -0.2) is 40.2 Å². The first-order valence-electron chi connectivity index (χ1n) is 8.69. The highest BCUT2D eigenvalue weighted by Gasteiger charge is 2.26. The van der Waals surface area contributed by atoms with Crippen molar-refractivity contribution in [2.45, 2.75) is 72.3 Å². The first kappa shape index (κ1) is 22.5. The molecule has 7 nitrogen and oxygen atoms in total. The quantitative estimate of drug-likeness (QED) is 0.630. The van der Waals surface area contributed by atoms with Gasteiger partial charge in [0.2, 0.25) is 0 Å². The Morgan fingerprint density at radius 1 is 1.35 bits per heavy atom. The largest absolute Gasteiger partial charge is 0.459 e. The van der Waals surface area contributed by atoms with Crippen molar-refractivity contribution in [3.05, 3.63) is 16.1 Å². The molecule has 0 aliphatic heterocycles. The average Bonchev–Trinajstić information content (AvgIpc) is 2.96. The van der Waals surface area contributed by atoms with Crippen LogP contribution in [0.2, 0.25) is 0 Å². The third-order valence-corrected chi connectivity index (χ3v) is 4.50. The van der Waals surface area contributed by atoms with Gasteiger partial charge in [-0.25, -0.2) is 4.98 Å². The number of thiazole rings is 1. The molecule has 0 spiro atoms. The minimum absolute atomic E-state index is 0.0756. The Morgan fingerprint density at radius 3 is 2.46 bits per heavy atom. The highest BCUT2D eigenvalue weighted by molar-refractivity contribution is 7.09. The fourth-order valence-electron chi connectivity index (χ4n) is 2.36. The van der Waals surface area contributed by atoms with Crippen LogP contribution in [0.3, 0.4) is 0 Å². The van der Waals surface area contributed by atoms with Crippen molar-refractivity contribution in [2.24, 2.45) is 5.92 Å². The van der Waals surface area contributed by atoms with Crippen LogP contribution in [0.4, 0.5) is 0 Å². The molecule has 0 bridgehead atoms. The lowest BCUT2D eigenvalue weighted by molar-refractivity contribution is -0.154. The summed E-state index contributed by atoms with van der Waals surface area (Å²) in [5.41, 5.74) is 0.0125. The number of rotatable bonds is 9. The van der Waals surface area contributed by atoms with Crippen molar-refractivity contribution in [3.63, 3.8) is 0 Å². The van der Waals surface area contributed by atoms with Crippen molar-refractivity contribution in [1.29, 1.82) is 0 Å². The molecule has 1 heterocycles. The summed E-state index contributed by atoms with van der Waals surface area (Å²) in [5, 5.41) is 14.8. The lowest BCUT2D eigenvalue weighted by Gasteiger charge is -2.27. The molecule has 0 amide bonds. The summed E-state index contributed by atoms with van der Waals surface area (Å²) in [6.45, 7) is 10.8. The Balaban J connectivity index is 2.79. The van der Waals surface area contributed by atoms with E-state index in [-0.39, 0.29) is 31.1 Å². The predicted molar refractivity (Wildman–Crippen MR) is 99.6 cm³/mol. The zero-order valence-corrected chi connectivity index (χ0v) is 17.2. The minimum atomic E-state index is -0.534. The maximum Gasteiger partial charge on any atom is 0.320 e. The lowest BCUT2D eigenvalue weighted by Crippen LogP contribution is -2.41. The summed E-state index contributed by atoms with van der Waals surface area (Å²) in [6.07, 6.45) is -0.0605. The average molecular weight is 387 g/mol. The standard InChI is InChI=1S/C18H30N2O5S/c1-11(2)14(19-8-16(23)25-18(4,5)6)7-15(24-12(3)22)17-20-13(9-21)10-26-17/h10-11,14-15,19,21H,7-9H2,1-6H3/t14-,15-/m1/s1. The summed E-state index contributed by atoms with van der Waals surface area (Å²) >= 11 is 1.34. The molecular formula is C18H30N2O5S. The van der Waals surface area contributed by atoms with Crippen LogP contribution in [-0.2, 0) is 25.7 Å². The number of hydrogen-bond acceptors (Lipinski definition) is 8. The van der Waals surface area contributed by atoms with Crippen LogP contribution in [0.15, 0.2) is 5.38 Å². The predicted octanol–water partition coefficient (Wildman–Crippen LogP) is 2.59. The first-order chi connectivity index (χ1) is 12.0. The van der Waals surface area contributed by atoms with Gasteiger partial charge in [-0.1, -0.05) is 13.8 Å². The zero-order valence-electron chi connectivity index (χ0n) is 16.4. The summed E-state index contributed by atoms with van der Waals surface area (Å²) in [5.74, 6) is -0.526. The van der Waals surface area contributed by atoms with Crippen LogP contribution in [0.25, 0.3) is 0 Å². The van der Waals surface area contributed by atoms with E-state index >= 15 is 0 Å². The minimum Gasteiger partial charge on any atom is -0.459 e.